The van der Waals surface area contributed by atoms with Crippen LogP contribution >= 0.6 is 11.3 Å². The Morgan fingerprint density at radius 1 is 0.595 bits per heavy atom. The molecule has 0 spiro atoms. The molecule has 4 N–H and O–H groups in total. The van der Waals surface area contributed by atoms with Gasteiger partial charge < -0.3 is 59.9 Å². The number of allylic oxidation sites excluding steroid dienone is 4. The van der Waals surface area contributed by atoms with Crippen LogP contribution in [0.5, 0.6) is 0 Å². The van der Waals surface area contributed by atoms with Gasteiger partial charge in [-0.05, 0) is 81.7 Å². The van der Waals surface area contributed by atoms with Crippen LogP contribution in [-0.2, 0) is 42.9 Å². The number of nitrogens with two attached hydrogens (primary N) is 2. The van der Waals surface area contributed by atoms with Crippen molar-refractivity contribution in [3.63, 3.8) is 0 Å². The molecule has 0 aliphatic carbocycles. The number of carboxylic acid groups (broad SMARTS) is 2. The van der Waals surface area contributed by atoms with Gasteiger partial charge in [0.2, 0.25) is 0 Å². The van der Waals surface area contributed by atoms with Crippen molar-refractivity contribution in [2.45, 2.75) is 182 Å². The number of hydrogen-bond acceptors (Lipinski definition) is 17. The number of anilines is 3. The number of carboxylic acids is 2. The topological polar surface area (TPSA) is 263 Å². The second-order valence-electron chi connectivity index (χ2n) is 19.4. The first-order chi connectivity index (χ1) is 37.3. The summed E-state index contributed by atoms with van der Waals surface area (Å²) in [5.74, 6) is -5.58. The largest absolute Gasteiger partial charge is 1.00 e. The Morgan fingerprint density at radius 3 is 1.37 bits per heavy atom. The number of hydrogen-bond donors (Lipinski definition) is 2. The third-order valence-electron chi connectivity index (χ3n) is 13.0. The number of rotatable bonds is 46. The number of benzene rings is 1. The molecule has 0 radical (unpaired) electrons. The quantitative estimate of drug-likeness (QED) is 0.0310. The number of unbranched alkanes of at least 4 members (excludes halogenated alkanes) is 18. The fraction of sp³-hybridized carbons (Fsp3) is 0.667. The zero-order chi connectivity index (χ0) is 56.7. The summed E-state index contributed by atoms with van der Waals surface area (Å²) >= 11 is 1.16. The van der Waals surface area contributed by atoms with Gasteiger partial charge in [0.25, 0.3) is 0 Å². The number of esters is 2. The van der Waals surface area contributed by atoms with Gasteiger partial charge in [-0.3, -0.25) is 9.59 Å². The van der Waals surface area contributed by atoms with Crippen LogP contribution in [0.4, 0.5) is 16.4 Å². The number of nitrogens with zero attached hydrogens (tertiary/aromatic N) is 3. The predicted octanol–water partition coefficient (Wildman–Crippen LogP) is 4.16. The Balaban J connectivity index is 0. The molecule has 0 saturated carbocycles. The second kappa shape index (κ2) is 52.6. The van der Waals surface area contributed by atoms with E-state index >= 15 is 0 Å². The first kappa shape index (κ1) is 77.6. The number of carbonyl (C=O) groups is 4. The maximum Gasteiger partial charge on any atom is 1.00 e. The Bertz CT molecular complexity index is 2080. The van der Waals surface area contributed by atoms with Gasteiger partial charge in [0.15, 0.2) is 0 Å². The normalized spacial score (nSPS) is 11.6. The summed E-state index contributed by atoms with van der Waals surface area (Å²) in [5, 5.41) is 40.8. The van der Waals surface area contributed by atoms with Crippen LogP contribution in [0.25, 0.3) is 0 Å². The number of carbonyl (C=O) groups excluding carboxylic acids is 4. The summed E-state index contributed by atoms with van der Waals surface area (Å²) in [5.41, 5.74) is 15.2. The van der Waals surface area contributed by atoms with Crippen molar-refractivity contribution in [1.82, 2.24) is 0 Å². The molecular weight excluding hydrogens is 1040 g/mol. The molecule has 0 bridgehead atoms. The number of nitrogen functional groups attached to an aromatic ring is 2. The van der Waals surface area contributed by atoms with E-state index < -0.39 is 35.7 Å². The maximum absolute atomic E-state index is 12.4. The Labute approximate surface area is 522 Å². The Morgan fingerprint density at radius 2 is 1.00 bits per heavy atom. The van der Waals surface area contributed by atoms with Crippen molar-refractivity contribution in [1.29, 1.82) is 10.5 Å². The van der Waals surface area contributed by atoms with E-state index in [2.05, 4.69) is 18.7 Å². The van der Waals surface area contributed by atoms with E-state index in [1.165, 1.54) is 103 Å². The molecule has 2 rings (SSSR count). The van der Waals surface area contributed by atoms with Crippen molar-refractivity contribution in [2.24, 2.45) is 11.8 Å². The number of thiophene rings is 1. The molecule has 16 nitrogen and oxygen atoms in total. The summed E-state index contributed by atoms with van der Waals surface area (Å²) in [7, 11) is 0. The van der Waals surface area contributed by atoms with E-state index in [9.17, 15) is 29.4 Å². The van der Waals surface area contributed by atoms with Crippen LogP contribution < -0.4 is 85.7 Å². The molecule has 0 saturated heterocycles. The Hall–Kier alpha value is -3.46. The van der Waals surface area contributed by atoms with Crippen molar-refractivity contribution in [2.75, 3.05) is 82.3 Å². The first-order valence-corrected chi connectivity index (χ1v) is 29.2. The van der Waals surface area contributed by atoms with Crippen molar-refractivity contribution in [3.05, 3.63) is 64.1 Å². The smallest absolute Gasteiger partial charge is 0.550 e. The number of nitriles is 2. The van der Waals surface area contributed by atoms with E-state index in [4.69, 9.17) is 45.7 Å². The maximum atomic E-state index is 12.4. The summed E-state index contributed by atoms with van der Waals surface area (Å²) in [6, 6.07) is 9.70. The molecular formula is C60H93N5Na2O11S. The molecule has 0 aliphatic rings. The average molecular weight is 1140 g/mol. The second-order valence-corrected chi connectivity index (χ2v) is 20.5. The number of aliphatic carboxylic acids is 2. The van der Waals surface area contributed by atoms with Crippen molar-refractivity contribution >= 4 is 51.6 Å². The fourth-order valence-electron chi connectivity index (χ4n) is 8.16. The minimum Gasteiger partial charge on any atom is -0.550 e. The van der Waals surface area contributed by atoms with Gasteiger partial charge in [0.1, 0.15) is 35.2 Å². The van der Waals surface area contributed by atoms with Crippen molar-refractivity contribution in [3.8, 4) is 12.1 Å². The van der Waals surface area contributed by atoms with Gasteiger partial charge in [-0.1, -0.05) is 141 Å². The van der Waals surface area contributed by atoms with Gasteiger partial charge in [0, 0.05) is 48.2 Å². The van der Waals surface area contributed by atoms with Gasteiger partial charge in [-0.25, -0.2) is 0 Å². The molecule has 2 atom stereocenters. The van der Waals surface area contributed by atoms with E-state index in [0.717, 1.165) is 48.3 Å². The molecule has 0 aliphatic heterocycles. The average Bonchev–Trinajstić information content (AvgIpc) is 3.69. The minimum absolute atomic E-state index is 0. The predicted molar refractivity (Wildman–Crippen MR) is 303 cm³/mol. The van der Waals surface area contributed by atoms with Crippen LogP contribution in [0.1, 0.15) is 190 Å². The van der Waals surface area contributed by atoms with Gasteiger partial charge >= 0.3 is 71.1 Å². The van der Waals surface area contributed by atoms with E-state index in [1.807, 2.05) is 61.6 Å². The summed E-state index contributed by atoms with van der Waals surface area (Å²) in [6.07, 6.45) is 32.0. The molecule has 432 valence electrons. The summed E-state index contributed by atoms with van der Waals surface area (Å²) in [4.78, 5) is 50.6. The van der Waals surface area contributed by atoms with Crippen LogP contribution in [0, 0.1) is 48.3 Å². The third kappa shape index (κ3) is 40.4. The zero-order valence-electron chi connectivity index (χ0n) is 49.1. The van der Waals surface area contributed by atoms with Gasteiger partial charge in [-0.2, -0.15) is 10.5 Å². The fourth-order valence-corrected chi connectivity index (χ4v) is 8.98. The van der Waals surface area contributed by atoms with Crippen LogP contribution in [0.15, 0.2) is 42.5 Å². The first-order valence-electron chi connectivity index (χ1n) is 28.4. The van der Waals surface area contributed by atoms with E-state index in [1.54, 1.807) is 6.92 Å². The monoisotopic (exact) mass is 1140 g/mol. The molecule has 1 aromatic carbocycles. The zero-order valence-corrected chi connectivity index (χ0v) is 53.9. The molecule has 2 unspecified atom stereocenters. The van der Waals surface area contributed by atoms with Gasteiger partial charge in [0.05, 0.1) is 58.0 Å². The van der Waals surface area contributed by atoms with Crippen LogP contribution in [0.3, 0.4) is 0 Å². The number of aryl methyl sites for hydroxylation is 1. The standard InChI is InChI=1S/C53H90N2O11.C7H5N3S.2Na/c1-4-6-8-10-12-14-16-18-20-22-24-26-28-46(52(58)59)43-50(56)65-40-38-63-35-33-55(48-30-31-49(54)45(3)42-48)32-34-62-36-37-64-39-41-66-51(57)44-47(53(60)61)29-27-25-23-21-19-17-15-13-11-9-7-5-2;1-4-5(2-8)7(10)11-6(4)3-9;;/h24-27,30-31,42,46-47H,4-23,28-29,32-41,43-44,54H2,1-3H3,(H,58,59)(H,60,61);10H2,1H3;;/q;;2*+1/p-2/b26-24+,27-25+;;;. The Kier molecular flexibility index (Phi) is 51.7. The minimum atomic E-state index is -1.26. The SMILES string of the molecule is CCCCCCCCCCC/C=C/CC(CC(=O)OCCOCCOCCN(CCOCCOC(=O)CC(C/C=C/CCCCCCCCCCC)C(=O)[O-])c1ccc(N)c(C)c1)C(=O)[O-].Cc1c(C#N)sc(N)c1C#N.[Na+].[Na+]. The van der Waals surface area contributed by atoms with Crippen molar-refractivity contribution < 1.29 is 112 Å². The third-order valence-corrected chi connectivity index (χ3v) is 14.0. The molecule has 1 heterocycles. The van der Waals surface area contributed by atoms with E-state index in [0.29, 0.717) is 59.6 Å². The number of ether oxygens (including phenoxy) is 5. The molecule has 19 heteroatoms. The molecule has 79 heavy (non-hydrogen) atoms. The molecule has 1 aromatic heterocycles. The summed E-state index contributed by atoms with van der Waals surface area (Å²) in [6.45, 7) is 10.9. The van der Waals surface area contributed by atoms with Crippen LogP contribution in [0.2, 0.25) is 0 Å². The van der Waals surface area contributed by atoms with Crippen LogP contribution in [-0.4, -0.2) is 89.8 Å². The molecule has 0 amide bonds. The molecule has 2 aromatic rings. The summed E-state index contributed by atoms with van der Waals surface area (Å²) < 4.78 is 27.6. The van der Waals surface area contributed by atoms with Gasteiger partial charge in [-0.15, -0.1) is 11.3 Å². The van der Waals surface area contributed by atoms with E-state index in [-0.39, 0.29) is 118 Å². The molecule has 0 fully saturated rings.